The molecule has 0 spiro atoms. The number of Topliss-reactive ketones (excluding diaryl/α,β-unsaturated/α-hetero) is 1. The summed E-state index contributed by atoms with van der Waals surface area (Å²) in [5, 5.41) is 0. The number of benzene rings is 1. The average molecular weight is 332 g/mol. The van der Waals surface area contributed by atoms with Crippen LogP contribution in [0.25, 0.3) is 0 Å². The third kappa shape index (κ3) is 2.13. The third-order valence-electron chi connectivity index (χ3n) is 6.17. The number of carbonyl (C=O) groups is 1. The highest BCUT2D eigenvalue weighted by Gasteiger charge is 2.52. The lowest BCUT2D eigenvalue weighted by Crippen LogP contribution is -2.37. The predicted molar refractivity (Wildman–Crippen MR) is 85.9 cm³/mol. The monoisotopic (exact) mass is 332 g/mol. The number of rotatable bonds is 1. The van der Waals surface area contributed by atoms with Gasteiger partial charge in [0.1, 0.15) is 5.78 Å². The number of hydrogen-bond acceptors (Lipinski definition) is 3. The van der Waals surface area contributed by atoms with Crippen LogP contribution in [-0.4, -0.2) is 18.8 Å². The topological polar surface area (TPSA) is 71.4 Å². The van der Waals surface area contributed by atoms with Crippen molar-refractivity contribution in [2.24, 2.45) is 11.3 Å². The van der Waals surface area contributed by atoms with Crippen LogP contribution in [0.15, 0.2) is 34.7 Å². The zero-order chi connectivity index (χ0) is 16.4. The molecule has 0 heterocycles. The smallest absolute Gasteiger partial charge is 0.294 e. The molecule has 0 amide bonds. The van der Waals surface area contributed by atoms with E-state index in [1.807, 2.05) is 6.07 Å². The maximum Gasteiger partial charge on any atom is 0.294 e. The van der Waals surface area contributed by atoms with Crippen LogP contribution >= 0.6 is 0 Å². The van der Waals surface area contributed by atoms with Gasteiger partial charge in [0, 0.05) is 17.8 Å². The van der Waals surface area contributed by atoms with Crippen molar-refractivity contribution in [1.82, 2.24) is 0 Å². The van der Waals surface area contributed by atoms with E-state index < -0.39 is 10.1 Å². The van der Waals surface area contributed by atoms with Crippen LogP contribution in [-0.2, 0) is 21.3 Å². The molecule has 3 aliphatic carbocycles. The zero-order valence-electron chi connectivity index (χ0n) is 13.1. The first-order valence-corrected chi connectivity index (χ1v) is 9.58. The van der Waals surface area contributed by atoms with Gasteiger partial charge in [0.05, 0.1) is 4.90 Å². The van der Waals surface area contributed by atoms with Crippen molar-refractivity contribution < 1.29 is 17.8 Å². The largest absolute Gasteiger partial charge is 0.299 e. The number of ketones is 1. The molecule has 122 valence electrons. The van der Waals surface area contributed by atoms with Crippen molar-refractivity contribution >= 4 is 15.9 Å². The van der Waals surface area contributed by atoms with E-state index in [2.05, 4.69) is 13.0 Å². The van der Waals surface area contributed by atoms with Crippen molar-refractivity contribution in [3.05, 3.63) is 41.0 Å². The lowest BCUT2D eigenvalue weighted by Gasteiger charge is -2.43. The second kappa shape index (κ2) is 4.77. The highest BCUT2D eigenvalue weighted by molar-refractivity contribution is 7.85. The Balaban J connectivity index is 1.75. The van der Waals surface area contributed by atoms with E-state index in [0.29, 0.717) is 24.5 Å². The summed E-state index contributed by atoms with van der Waals surface area (Å²) < 4.78 is 31.9. The fourth-order valence-electron chi connectivity index (χ4n) is 4.88. The predicted octanol–water partition coefficient (Wildman–Crippen LogP) is 3.28. The van der Waals surface area contributed by atoms with Gasteiger partial charge in [0.25, 0.3) is 10.1 Å². The van der Waals surface area contributed by atoms with Crippen molar-refractivity contribution in [3.63, 3.8) is 0 Å². The molecule has 4 nitrogen and oxygen atoms in total. The lowest BCUT2D eigenvalue weighted by atomic mass is 9.60. The standard InChI is InChI=1S/C18H20O4S/c1-18-9-8-14-13-5-3-12(23(20,21)22)10-11(13)2-4-15(14)16(18)6-7-17(18)19/h3-5,10,14,16H,2,6-9H2,1H3,(H,20,21,22). The molecular weight excluding hydrogens is 312 g/mol. The summed E-state index contributed by atoms with van der Waals surface area (Å²) in [6.45, 7) is 2.11. The Kier molecular flexibility index (Phi) is 3.13. The summed E-state index contributed by atoms with van der Waals surface area (Å²) in [6, 6.07) is 4.92. The Morgan fingerprint density at radius 3 is 2.78 bits per heavy atom. The minimum atomic E-state index is -4.16. The van der Waals surface area contributed by atoms with E-state index in [-0.39, 0.29) is 16.2 Å². The molecule has 0 aliphatic heterocycles. The minimum absolute atomic E-state index is 0.0372. The summed E-state index contributed by atoms with van der Waals surface area (Å²) in [6.07, 6.45) is 6.32. The van der Waals surface area contributed by atoms with Crippen LogP contribution < -0.4 is 0 Å². The van der Waals surface area contributed by atoms with E-state index in [1.165, 1.54) is 11.6 Å². The van der Waals surface area contributed by atoms with Crippen LogP contribution in [0.1, 0.15) is 49.7 Å². The Hall–Kier alpha value is -1.46. The van der Waals surface area contributed by atoms with Crippen molar-refractivity contribution in [2.45, 2.75) is 49.8 Å². The average Bonchev–Trinajstić information content (AvgIpc) is 2.81. The molecule has 1 aromatic rings. The van der Waals surface area contributed by atoms with E-state index in [4.69, 9.17) is 0 Å². The molecular formula is C18H20O4S. The van der Waals surface area contributed by atoms with Gasteiger partial charge in [-0.1, -0.05) is 24.6 Å². The number of hydrogen-bond donors (Lipinski definition) is 1. The van der Waals surface area contributed by atoms with Gasteiger partial charge >= 0.3 is 0 Å². The molecule has 1 aromatic carbocycles. The van der Waals surface area contributed by atoms with Crippen molar-refractivity contribution in [1.29, 1.82) is 0 Å². The van der Waals surface area contributed by atoms with E-state index in [9.17, 15) is 17.8 Å². The van der Waals surface area contributed by atoms with Crippen LogP contribution in [0.2, 0.25) is 0 Å². The fourth-order valence-corrected chi connectivity index (χ4v) is 5.41. The minimum Gasteiger partial charge on any atom is -0.299 e. The first-order chi connectivity index (χ1) is 10.8. The highest BCUT2D eigenvalue weighted by Crippen LogP contribution is 2.57. The molecule has 4 rings (SSSR count). The first kappa shape index (κ1) is 15.1. The van der Waals surface area contributed by atoms with Gasteiger partial charge in [-0.2, -0.15) is 8.42 Å². The summed E-state index contributed by atoms with van der Waals surface area (Å²) in [5.74, 6) is 1.02. The molecule has 5 heteroatoms. The van der Waals surface area contributed by atoms with Crippen molar-refractivity contribution in [2.75, 3.05) is 0 Å². The van der Waals surface area contributed by atoms with Crippen LogP contribution in [0.4, 0.5) is 0 Å². The Labute approximate surface area is 136 Å². The van der Waals surface area contributed by atoms with Gasteiger partial charge in [-0.05, 0) is 54.9 Å². The van der Waals surface area contributed by atoms with Gasteiger partial charge in [-0.25, -0.2) is 0 Å². The number of fused-ring (bicyclic) bond motifs is 5. The van der Waals surface area contributed by atoms with E-state index in [1.54, 1.807) is 6.07 Å². The highest BCUT2D eigenvalue weighted by atomic mass is 32.2. The number of allylic oxidation sites excluding steroid dienone is 2. The van der Waals surface area contributed by atoms with Gasteiger partial charge in [-0.15, -0.1) is 0 Å². The maximum atomic E-state index is 12.3. The summed E-state index contributed by atoms with van der Waals surface area (Å²) in [7, 11) is -4.16. The molecule has 3 unspecified atom stereocenters. The molecule has 2 fully saturated rings. The van der Waals surface area contributed by atoms with E-state index >= 15 is 0 Å². The second-order valence-electron chi connectivity index (χ2n) is 7.27. The summed E-state index contributed by atoms with van der Waals surface area (Å²) in [4.78, 5) is 12.2. The van der Waals surface area contributed by atoms with E-state index in [0.717, 1.165) is 30.4 Å². The Bertz CT molecular complexity index is 837. The first-order valence-electron chi connectivity index (χ1n) is 8.14. The Morgan fingerprint density at radius 1 is 1.26 bits per heavy atom. The van der Waals surface area contributed by atoms with Gasteiger partial charge < -0.3 is 0 Å². The van der Waals surface area contributed by atoms with Crippen LogP contribution in [0.5, 0.6) is 0 Å². The Morgan fingerprint density at radius 2 is 2.04 bits per heavy atom. The van der Waals surface area contributed by atoms with Crippen molar-refractivity contribution in [3.8, 4) is 0 Å². The van der Waals surface area contributed by atoms with Gasteiger partial charge in [0.15, 0.2) is 0 Å². The second-order valence-corrected chi connectivity index (χ2v) is 8.69. The van der Waals surface area contributed by atoms with Crippen LogP contribution in [0, 0.1) is 11.3 Å². The molecule has 3 aliphatic rings. The summed E-state index contributed by atoms with van der Waals surface area (Å²) in [5.41, 5.74) is 3.31. The normalized spacial score (nSPS) is 32.8. The van der Waals surface area contributed by atoms with Gasteiger partial charge in [-0.3, -0.25) is 9.35 Å². The quantitative estimate of drug-likeness (QED) is 0.633. The molecule has 0 radical (unpaired) electrons. The molecule has 0 aromatic heterocycles. The lowest BCUT2D eigenvalue weighted by molar-refractivity contribution is -0.126. The maximum absolute atomic E-state index is 12.3. The number of carbonyl (C=O) groups excluding carboxylic acids is 1. The molecule has 3 atom stereocenters. The van der Waals surface area contributed by atoms with Gasteiger partial charge in [0.2, 0.25) is 0 Å². The SMILES string of the molecule is CC12CCC3C(=CCc4cc(S(=O)(=O)O)ccc43)C1CCC2=O. The molecule has 23 heavy (non-hydrogen) atoms. The fraction of sp³-hybridized carbons (Fsp3) is 0.500. The molecule has 1 N–H and O–H groups in total. The molecule has 0 bridgehead atoms. The molecule has 0 saturated heterocycles. The zero-order valence-corrected chi connectivity index (χ0v) is 13.9. The molecule has 2 saturated carbocycles. The van der Waals surface area contributed by atoms with Crippen LogP contribution in [0.3, 0.4) is 0 Å². The third-order valence-corrected chi connectivity index (χ3v) is 7.02. The summed E-state index contributed by atoms with van der Waals surface area (Å²) >= 11 is 0.